The van der Waals surface area contributed by atoms with Crippen LogP contribution >= 0.6 is 0 Å². The Morgan fingerprint density at radius 2 is 1.88 bits per heavy atom. The fourth-order valence-electron chi connectivity index (χ4n) is 1.71. The molecular weight excluding hydrogens is 218 g/mol. The topological polar surface area (TPSA) is 133 Å². The lowest BCUT2D eigenvalue weighted by atomic mass is 9.88. The maximum atomic E-state index is 11.0. The Hall–Kier alpha value is -0.730. The number of aliphatic hydroxyl groups excluding tert-OH is 4. The lowest BCUT2D eigenvalue weighted by Crippen LogP contribution is -2.61. The van der Waals surface area contributed by atoms with Crippen molar-refractivity contribution in [1.29, 1.82) is 0 Å². The van der Waals surface area contributed by atoms with Crippen molar-refractivity contribution in [3.05, 3.63) is 0 Å². The standard InChI is InChI=1S/C9H17NO6/c1-3(9(10)15)8-7(14)6(13)5(12)4(2-11)16-8/h3-8,11-14H,2H2,1H3,(H2,10,15)/t3?,4-,5+,6-,7-,8-/m1/s1. The third-order valence-corrected chi connectivity index (χ3v) is 2.87. The monoisotopic (exact) mass is 235 g/mol. The first kappa shape index (κ1) is 13.3. The maximum Gasteiger partial charge on any atom is 0.222 e. The Morgan fingerprint density at radius 3 is 2.31 bits per heavy atom. The molecule has 1 heterocycles. The fraction of sp³-hybridized carbons (Fsp3) is 0.889. The quantitative estimate of drug-likeness (QED) is 0.353. The molecule has 0 aromatic rings. The molecule has 6 atom stereocenters. The predicted molar refractivity (Wildman–Crippen MR) is 52.1 cm³/mol. The summed E-state index contributed by atoms with van der Waals surface area (Å²) in [6.45, 7) is 0.919. The summed E-state index contributed by atoms with van der Waals surface area (Å²) < 4.78 is 5.14. The number of hydrogen-bond acceptors (Lipinski definition) is 6. The molecule has 1 rings (SSSR count). The second-order valence-corrected chi connectivity index (χ2v) is 3.98. The number of amides is 1. The van der Waals surface area contributed by atoms with E-state index in [9.17, 15) is 20.1 Å². The third-order valence-electron chi connectivity index (χ3n) is 2.87. The van der Waals surface area contributed by atoms with Gasteiger partial charge in [-0.1, -0.05) is 6.92 Å². The molecule has 7 heteroatoms. The number of nitrogens with two attached hydrogens (primary N) is 1. The number of rotatable bonds is 3. The van der Waals surface area contributed by atoms with Crippen LogP contribution in [0.3, 0.4) is 0 Å². The van der Waals surface area contributed by atoms with Gasteiger partial charge >= 0.3 is 0 Å². The number of aliphatic hydroxyl groups is 4. The van der Waals surface area contributed by atoms with E-state index in [1.807, 2.05) is 0 Å². The minimum absolute atomic E-state index is 0.521. The summed E-state index contributed by atoms with van der Waals surface area (Å²) in [5.41, 5.74) is 5.06. The van der Waals surface area contributed by atoms with E-state index in [0.717, 1.165) is 0 Å². The van der Waals surface area contributed by atoms with Crippen molar-refractivity contribution in [3.63, 3.8) is 0 Å². The molecule has 1 amide bonds. The summed E-state index contributed by atoms with van der Waals surface area (Å²) in [5.74, 6) is -1.52. The Morgan fingerprint density at radius 1 is 1.31 bits per heavy atom. The normalized spacial score (nSPS) is 41.7. The Labute approximate surface area is 92.4 Å². The lowest BCUT2D eigenvalue weighted by molar-refractivity contribution is -0.238. The highest BCUT2D eigenvalue weighted by Gasteiger charge is 2.46. The molecule has 1 aliphatic rings. The van der Waals surface area contributed by atoms with Crippen molar-refractivity contribution >= 4 is 5.91 Å². The number of primary amides is 1. The van der Waals surface area contributed by atoms with Crippen LogP contribution in [0.5, 0.6) is 0 Å². The number of carbonyl (C=O) groups excluding carboxylic acids is 1. The summed E-state index contributed by atoms with van der Waals surface area (Å²) in [5, 5.41) is 37.5. The third kappa shape index (κ3) is 2.33. The molecule has 0 aliphatic carbocycles. The summed E-state index contributed by atoms with van der Waals surface area (Å²) in [6.07, 6.45) is -6.35. The van der Waals surface area contributed by atoms with E-state index in [-0.39, 0.29) is 0 Å². The predicted octanol–water partition coefficient (Wildman–Crippen LogP) is -3.05. The van der Waals surface area contributed by atoms with E-state index in [4.69, 9.17) is 15.6 Å². The van der Waals surface area contributed by atoms with E-state index in [0.29, 0.717) is 0 Å². The van der Waals surface area contributed by atoms with E-state index in [1.165, 1.54) is 6.92 Å². The lowest BCUT2D eigenvalue weighted by Gasteiger charge is -2.41. The molecule has 94 valence electrons. The van der Waals surface area contributed by atoms with Gasteiger partial charge in [0.2, 0.25) is 5.91 Å². The van der Waals surface area contributed by atoms with Gasteiger partial charge in [-0.2, -0.15) is 0 Å². The highest BCUT2D eigenvalue weighted by atomic mass is 16.5. The number of hydrogen-bond donors (Lipinski definition) is 5. The molecule has 0 aromatic carbocycles. The zero-order valence-electron chi connectivity index (χ0n) is 8.85. The fourth-order valence-corrected chi connectivity index (χ4v) is 1.71. The van der Waals surface area contributed by atoms with Crippen molar-refractivity contribution in [2.75, 3.05) is 6.61 Å². The van der Waals surface area contributed by atoms with Crippen LogP contribution in [-0.2, 0) is 9.53 Å². The largest absolute Gasteiger partial charge is 0.394 e. The van der Waals surface area contributed by atoms with Crippen LogP contribution in [0.15, 0.2) is 0 Å². The smallest absolute Gasteiger partial charge is 0.222 e. The van der Waals surface area contributed by atoms with Crippen LogP contribution in [0.2, 0.25) is 0 Å². The van der Waals surface area contributed by atoms with Crippen LogP contribution < -0.4 is 5.73 Å². The van der Waals surface area contributed by atoms with Gasteiger partial charge in [0.25, 0.3) is 0 Å². The van der Waals surface area contributed by atoms with Gasteiger partial charge in [-0.25, -0.2) is 0 Å². The van der Waals surface area contributed by atoms with Gasteiger partial charge in [-0.3, -0.25) is 4.79 Å². The van der Waals surface area contributed by atoms with Gasteiger partial charge in [-0.15, -0.1) is 0 Å². The highest BCUT2D eigenvalue weighted by molar-refractivity contribution is 5.77. The molecule has 1 aliphatic heterocycles. The Balaban J connectivity index is 2.82. The highest BCUT2D eigenvalue weighted by Crippen LogP contribution is 2.25. The number of ether oxygens (including phenoxy) is 1. The molecule has 1 unspecified atom stereocenters. The molecular formula is C9H17NO6. The summed E-state index contributed by atoms with van der Waals surface area (Å²) in [4.78, 5) is 11.0. The second kappa shape index (κ2) is 5.07. The Kier molecular flexibility index (Phi) is 4.22. The molecule has 6 N–H and O–H groups in total. The van der Waals surface area contributed by atoms with Crippen LogP contribution in [0.25, 0.3) is 0 Å². The summed E-state index contributed by atoms with van der Waals surface area (Å²) >= 11 is 0. The van der Waals surface area contributed by atoms with Crippen molar-refractivity contribution in [2.45, 2.75) is 37.4 Å². The zero-order chi connectivity index (χ0) is 12.5. The van der Waals surface area contributed by atoms with E-state index in [2.05, 4.69) is 0 Å². The first-order valence-electron chi connectivity index (χ1n) is 5.00. The maximum absolute atomic E-state index is 11.0. The molecule has 0 spiro atoms. The van der Waals surface area contributed by atoms with Crippen LogP contribution in [0.1, 0.15) is 6.92 Å². The summed E-state index contributed by atoms with van der Waals surface area (Å²) in [7, 11) is 0. The SMILES string of the molecule is CC(C(N)=O)[C@H]1O[C@H](CO)[C@H](O)[C@@H](O)[C@H]1O. The van der Waals surface area contributed by atoms with Gasteiger partial charge in [-0.05, 0) is 0 Å². The van der Waals surface area contributed by atoms with Gasteiger partial charge in [0.1, 0.15) is 24.4 Å². The Bertz CT molecular complexity index is 258. The second-order valence-electron chi connectivity index (χ2n) is 3.98. The molecule has 0 bridgehead atoms. The average Bonchev–Trinajstić information content (AvgIpc) is 2.25. The van der Waals surface area contributed by atoms with E-state index < -0.39 is 49.0 Å². The first-order chi connectivity index (χ1) is 7.40. The van der Waals surface area contributed by atoms with E-state index >= 15 is 0 Å². The van der Waals surface area contributed by atoms with Crippen molar-refractivity contribution in [3.8, 4) is 0 Å². The van der Waals surface area contributed by atoms with Gasteiger partial charge in [0, 0.05) is 0 Å². The number of carbonyl (C=O) groups is 1. The van der Waals surface area contributed by atoms with Gasteiger partial charge in [0.05, 0.1) is 18.6 Å². The van der Waals surface area contributed by atoms with Crippen molar-refractivity contribution in [1.82, 2.24) is 0 Å². The molecule has 7 nitrogen and oxygen atoms in total. The van der Waals surface area contributed by atoms with Gasteiger partial charge in [0.15, 0.2) is 0 Å². The van der Waals surface area contributed by atoms with Crippen LogP contribution in [0, 0.1) is 5.92 Å². The van der Waals surface area contributed by atoms with Crippen LogP contribution in [-0.4, -0.2) is 63.5 Å². The molecule has 0 aromatic heterocycles. The van der Waals surface area contributed by atoms with Crippen LogP contribution in [0.4, 0.5) is 0 Å². The first-order valence-corrected chi connectivity index (χ1v) is 5.00. The zero-order valence-corrected chi connectivity index (χ0v) is 8.85. The van der Waals surface area contributed by atoms with Gasteiger partial charge < -0.3 is 30.9 Å². The molecule has 16 heavy (non-hydrogen) atoms. The molecule has 1 fully saturated rings. The average molecular weight is 235 g/mol. The molecule has 1 saturated heterocycles. The molecule has 0 radical (unpaired) electrons. The van der Waals surface area contributed by atoms with Crippen molar-refractivity contribution < 1.29 is 30.0 Å². The minimum atomic E-state index is -1.47. The van der Waals surface area contributed by atoms with E-state index in [1.54, 1.807) is 0 Å². The van der Waals surface area contributed by atoms with Crippen molar-refractivity contribution in [2.24, 2.45) is 11.7 Å². The molecule has 0 saturated carbocycles. The summed E-state index contributed by atoms with van der Waals surface area (Å²) in [6, 6.07) is 0. The minimum Gasteiger partial charge on any atom is -0.394 e.